The Hall–Kier alpha value is -2.27. The Morgan fingerprint density at radius 2 is 1.76 bits per heavy atom. The summed E-state index contributed by atoms with van der Waals surface area (Å²) in [4.78, 5) is 14.7. The van der Waals surface area contributed by atoms with Crippen molar-refractivity contribution in [2.24, 2.45) is 0 Å². The van der Waals surface area contributed by atoms with Gasteiger partial charge in [-0.15, -0.1) is 11.3 Å². The van der Waals surface area contributed by atoms with Crippen molar-refractivity contribution < 1.29 is 0 Å². The van der Waals surface area contributed by atoms with Crippen LogP contribution in [0.4, 0.5) is 5.95 Å². The lowest BCUT2D eigenvalue weighted by molar-refractivity contribution is 0.590. The van der Waals surface area contributed by atoms with Crippen molar-refractivity contribution in [1.82, 2.24) is 15.0 Å². The van der Waals surface area contributed by atoms with E-state index in [9.17, 15) is 0 Å². The summed E-state index contributed by atoms with van der Waals surface area (Å²) in [6, 6.07) is 10.6. The third-order valence-corrected chi connectivity index (χ3v) is 5.25. The van der Waals surface area contributed by atoms with E-state index in [4.69, 9.17) is 4.98 Å². The number of nitrogens with zero attached hydrogens (tertiary/aromatic N) is 3. The van der Waals surface area contributed by atoms with Gasteiger partial charge in [-0.1, -0.05) is 45.0 Å². The lowest BCUT2D eigenvalue weighted by atomic mass is 9.87. The van der Waals surface area contributed by atoms with E-state index in [-0.39, 0.29) is 5.41 Å². The number of aromatic nitrogens is 3. The molecular weight excluding hydrogens is 328 g/mol. The minimum absolute atomic E-state index is 0.159. The van der Waals surface area contributed by atoms with Crippen molar-refractivity contribution in [3.63, 3.8) is 0 Å². The number of thiazole rings is 1. The Morgan fingerprint density at radius 3 is 2.40 bits per heavy atom. The van der Waals surface area contributed by atoms with E-state index in [2.05, 4.69) is 60.3 Å². The maximum absolute atomic E-state index is 4.76. The van der Waals surface area contributed by atoms with Crippen LogP contribution in [0.2, 0.25) is 0 Å². The molecule has 3 rings (SSSR count). The highest BCUT2D eigenvalue weighted by atomic mass is 32.1. The fraction of sp³-hybridized carbons (Fsp3) is 0.350. The second-order valence-electron chi connectivity index (χ2n) is 7.06. The number of nitrogens with one attached hydrogen (secondary N) is 1. The second-order valence-corrected chi connectivity index (χ2v) is 8.06. The van der Waals surface area contributed by atoms with Gasteiger partial charge in [0.15, 0.2) is 0 Å². The molecule has 0 spiro atoms. The Kier molecular flexibility index (Phi) is 4.86. The van der Waals surface area contributed by atoms with Gasteiger partial charge in [0.2, 0.25) is 5.95 Å². The fourth-order valence-corrected chi connectivity index (χ4v) is 3.64. The molecule has 130 valence electrons. The zero-order chi connectivity index (χ0) is 18.0. The number of hydrogen-bond acceptors (Lipinski definition) is 5. The number of hydrogen-bond donors (Lipinski definition) is 1. The van der Waals surface area contributed by atoms with Gasteiger partial charge < -0.3 is 5.32 Å². The van der Waals surface area contributed by atoms with Gasteiger partial charge in [-0.25, -0.2) is 15.0 Å². The van der Waals surface area contributed by atoms with Crippen LogP contribution in [0.15, 0.2) is 36.5 Å². The Bertz CT molecular complexity index is 860. The van der Waals surface area contributed by atoms with Crippen molar-refractivity contribution in [3.05, 3.63) is 47.8 Å². The molecule has 0 amide bonds. The third kappa shape index (κ3) is 3.87. The van der Waals surface area contributed by atoms with Crippen molar-refractivity contribution in [1.29, 1.82) is 0 Å². The van der Waals surface area contributed by atoms with Gasteiger partial charge in [-0.3, -0.25) is 0 Å². The standard InChI is InChI=1S/C20H24N4S/c1-6-21-19-22-12-11-16(24-19)17-13(2)23-18(25-17)14-7-9-15(10-8-14)20(3,4)5/h7-12H,6H2,1-5H3,(H,21,22,24). The number of aryl methyl sites for hydroxylation is 1. The first-order chi connectivity index (χ1) is 11.9. The molecule has 5 heteroatoms. The zero-order valence-corrected chi connectivity index (χ0v) is 16.2. The van der Waals surface area contributed by atoms with E-state index in [1.54, 1.807) is 17.5 Å². The molecule has 0 bridgehead atoms. The van der Waals surface area contributed by atoms with Crippen LogP contribution in [0.5, 0.6) is 0 Å². The summed E-state index contributed by atoms with van der Waals surface area (Å²) in [5.74, 6) is 0.656. The normalized spacial score (nSPS) is 11.6. The lowest BCUT2D eigenvalue weighted by Gasteiger charge is -2.18. The van der Waals surface area contributed by atoms with Crippen LogP contribution in [0.1, 0.15) is 39.0 Å². The van der Waals surface area contributed by atoms with Gasteiger partial charge in [0.1, 0.15) is 5.01 Å². The van der Waals surface area contributed by atoms with Gasteiger partial charge in [-0.05, 0) is 30.9 Å². The first kappa shape index (κ1) is 17.5. The molecule has 0 aliphatic heterocycles. The van der Waals surface area contributed by atoms with Crippen molar-refractivity contribution in [3.8, 4) is 21.1 Å². The first-order valence-electron chi connectivity index (χ1n) is 8.54. The van der Waals surface area contributed by atoms with Crippen LogP contribution in [-0.2, 0) is 5.41 Å². The Labute approximate surface area is 153 Å². The SMILES string of the molecule is CCNc1nccc(-c2sc(-c3ccc(C(C)(C)C)cc3)nc2C)n1. The molecule has 1 aromatic carbocycles. The van der Waals surface area contributed by atoms with Crippen molar-refractivity contribution in [2.45, 2.75) is 40.0 Å². The lowest BCUT2D eigenvalue weighted by Crippen LogP contribution is -2.10. The highest BCUT2D eigenvalue weighted by Crippen LogP contribution is 2.35. The largest absolute Gasteiger partial charge is 0.354 e. The van der Waals surface area contributed by atoms with Gasteiger partial charge in [0, 0.05) is 18.3 Å². The molecule has 0 atom stereocenters. The summed E-state index contributed by atoms with van der Waals surface area (Å²) >= 11 is 1.68. The van der Waals surface area contributed by atoms with Crippen LogP contribution < -0.4 is 5.32 Å². The van der Waals surface area contributed by atoms with E-state index >= 15 is 0 Å². The molecule has 0 saturated heterocycles. The summed E-state index contributed by atoms with van der Waals surface area (Å²) in [5.41, 5.74) is 4.55. The summed E-state index contributed by atoms with van der Waals surface area (Å²) in [6.07, 6.45) is 1.79. The third-order valence-electron chi connectivity index (χ3n) is 4.02. The highest BCUT2D eigenvalue weighted by Gasteiger charge is 2.16. The quantitative estimate of drug-likeness (QED) is 0.692. The average molecular weight is 353 g/mol. The molecule has 2 heterocycles. The zero-order valence-electron chi connectivity index (χ0n) is 15.4. The highest BCUT2D eigenvalue weighted by molar-refractivity contribution is 7.18. The molecule has 0 saturated carbocycles. The average Bonchev–Trinajstić information content (AvgIpc) is 2.97. The minimum atomic E-state index is 0.159. The molecule has 2 aromatic heterocycles. The predicted molar refractivity (Wildman–Crippen MR) is 106 cm³/mol. The summed E-state index contributed by atoms with van der Waals surface area (Å²) in [5, 5.41) is 4.18. The molecular formula is C20H24N4S. The molecule has 0 aliphatic rings. The van der Waals surface area contributed by atoms with E-state index < -0.39 is 0 Å². The molecule has 0 aliphatic carbocycles. The molecule has 25 heavy (non-hydrogen) atoms. The Balaban J connectivity index is 1.94. The Morgan fingerprint density at radius 1 is 1.04 bits per heavy atom. The van der Waals surface area contributed by atoms with Crippen molar-refractivity contribution >= 4 is 17.3 Å². The van der Waals surface area contributed by atoms with Crippen LogP contribution in [0, 0.1) is 6.92 Å². The first-order valence-corrected chi connectivity index (χ1v) is 9.36. The van der Waals surface area contributed by atoms with Crippen LogP contribution in [0.3, 0.4) is 0 Å². The van der Waals surface area contributed by atoms with E-state index in [0.29, 0.717) is 5.95 Å². The molecule has 0 radical (unpaired) electrons. The van der Waals surface area contributed by atoms with Gasteiger partial charge in [0.25, 0.3) is 0 Å². The van der Waals surface area contributed by atoms with E-state index in [1.807, 2.05) is 19.9 Å². The molecule has 1 N–H and O–H groups in total. The van der Waals surface area contributed by atoms with E-state index in [1.165, 1.54) is 5.56 Å². The van der Waals surface area contributed by atoms with Crippen LogP contribution >= 0.6 is 11.3 Å². The predicted octanol–water partition coefficient (Wildman–Crippen LogP) is 5.30. The maximum atomic E-state index is 4.76. The molecule has 0 fully saturated rings. The summed E-state index contributed by atoms with van der Waals surface area (Å²) in [7, 11) is 0. The van der Waals surface area contributed by atoms with Crippen LogP contribution in [-0.4, -0.2) is 21.5 Å². The van der Waals surface area contributed by atoms with Gasteiger partial charge in [0.05, 0.1) is 16.3 Å². The van der Waals surface area contributed by atoms with Crippen molar-refractivity contribution in [2.75, 3.05) is 11.9 Å². The fourth-order valence-electron chi connectivity index (χ4n) is 2.60. The maximum Gasteiger partial charge on any atom is 0.223 e. The topological polar surface area (TPSA) is 50.7 Å². The minimum Gasteiger partial charge on any atom is -0.354 e. The van der Waals surface area contributed by atoms with Gasteiger partial charge >= 0.3 is 0 Å². The van der Waals surface area contributed by atoms with Gasteiger partial charge in [-0.2, -0.15) is 0 Å². The number of rotatable bonds is 4. The number of anilines is 1. The van der Waals surface area contributed by atoms with Crippen LogP contribution in [0.25, 0.3) is 21.1 Å². The summed E-state index contributed by atoms with van der Waals surface area (Å²) < 4.78 is 0. The smallest absolute Gasteiger partial charge is 0.223 e. The summed E-state index contributed by atoms with van der Waals surface area (Å²) in [6.45, 7) is 11.6. The second kappa shape index (κ2) is 6.92. The number of benzene rings is 1. The molecule has 0 unspecified atom stereocenters. The molecule has 3 aromatic rings. The van der Waals surface area contributed by atoms with E-state index in [0.717, 1.165) is 33.4 Å². The molecule has 4 nitrogen and oxygen atoms in total. The monoisotopic (exact) mass is 352 g/mol.